The number of nitrogens with zero attached hydrogens (tertiary/aromatic N) is 1. The molecule has 1 heterocycles. The maximum Gasteiger partial charge on any atom is 0.411 e. The van der Waals surface area contributed by atoms with Crippen LogP contribution in [0.5, 0.6) is 5.75 Å². The lowest BCUT2D eigenvalue weighted by Gasteiger charge is -2.18. The molecule has 1 fully saturated rings. The molecule has 33 heavy (non-hydrogen) atoms. The second-order valence-electron chi connectivity index (χ2n) is 8.24. The Morgan fingerprint density at radius 3 is 2.58 bits per heavy atom. The van der Waals surface area contributed by atoms with E-state index in [0.29, 0.717) is 28.9 Å². The monoisotopic (exact) mass is 450 g/mol. The zero-order chi connectivity index (χ0) is 23.5. The molecule has 0 unspecified atom stereocenters. The lowest BCUT2D eigenvalue weighted by atomic mass is 10.1. The largest absolute Gasteiger partial charge is 0.496 e. The van der Waals surface area contributed by atoms with Gasteiger partial charge >= 0.3 is 12.1 Å². The molecule has 1 aliphatic rings. The van der Waals surface area contributed by atoms with Crippen LogP contribution in [0.3, 0.4) is 0 Å². The molecule has 172 valence electrons. The predicted molar refractivity (Wildman–Crippen MR) is 124 cm³/mol. The van der Waals surface area contributed by atoms with Gasteiger partial charge in [0.25, 0.3) is 0 Å². The smallest absolute Gasteiger partial charge is 0.411 e. The molecule has 0 saturated heterocycles. The van der Waals surface area contributed by atoms with E-state index >= 15 is 0 Å². The van der Waals surface area contributed by atoms with Gasteiger partial charge in [-0.15, -0.1) is 0 Å². The molecule has 0 radical (unpaired) electrons. The van der Waals surface area contributed by atoms with Crippen LogP contribution < -0.4 is 15.5 Å². The highest BCUT2D eigenvalue weighted by molar-refractivity contribution is 5.90. The van der Waals surface area contributed by atoms with Gasteiger partial charge in [0, 0.05) is 28.4 Å². The number of hydrogen-bond donors (Lipinski definition) is 2. The van der Waals surface area contributed by atoms with E-state index in [1.807, 2.05) is 11.5 Å². The zero-order valence-electron chi connectivity index (χ0n) is 18.6. The Morgan fingerprint density at radius 1 is 1.12 bits per heavy atom. The fraction of sp³-hybridized carbons (Fsp3) is 0.320. The van der Waals surface area contributed by atoms with E-state index in [4.69, 9.17) is 9.47 Å². The summed E-state index contributed by atoms with van der Waals surface area (Å²) in [5, 5.41) is 12.5. The normalized spacial score (nSPS) is 13.8. The predicted octanol–water partition coefficient (Wildman–Crippen LogP) is 4.56. The third-order valence-corrected chi connectivity index (χ3v) is 6.00. The number of carbonyl (C=O) groups excluding carboxylic acids is 1. The zero-order valence-corrected chi connectivity index (χ0v) is 18.6. The number of aryl methyl sites for hydroxylation is 1. The maximum absolute atomic E-state index is 12.6. The molecule has 4 rings (SSSR count). The Balaban J connectivity index is 1.69. The topological polar surface area (TPSA) is 107 Å². The molecule has 1 amide bonds. The van der Waals surface area contributed by atoms with E-state index in [1.165, 1.54) is 19.2 Å². The van der Waals surface area contributed by atoms with Crippen LogP contribution in [0, 0.1) is 6.92 Å². The number of anilines is 1. The Bertz CT molecular complexity index is 1270. The van der Waals surface area contributed by atoms with Crippen LogP contribution in [0.1, 0.15) is 47.3 Å². The fourth-order valence-corrected chi connectivity index (χ4v) is 4.27. The van der Waals surface area contributed by atoms with Gasteiger partial charge in [0.2, 0.25) is 0 Å². The first-order valence-electron chi connectivity index (χ1n) is 10.9. The van der Waals surface area contributed by atoms with Crippen molar-refractivity contribution >= 4 is 28.7 Å². The summed E-state index contributed by atoms with van der Waals surface area (Å²) < 4.78 is 12.8. The van der Waals surface area contributed by atoms with Crippen LogP contribution in [-0.2, 0) is 11.3 Å². The van der Waals surface area contributed by atoms with Crippen LogP contribution in [0.2, 0.25) is 0 Å². The number of carboxylic acids is 1. The molecule has 2 N–H and O–H groups in total. The molecular formula is C25H26N2O6. The highest BCUT2D eigenvalue weighted by Crippen LogP contribution is 2.26. The number of benzene rings is 2. The summed E-state index contributed by atoms with van der Waals surface area (Å²) in [5.74, 6) is -0.597. The van der Waals surface area contributed by atoms with Crippen molar-refractivity contribution in [3.05, 3.63) is 69.5 Å². The molecule has 0 spiro atoms. The maximum atomic E-state index is 12.6. The van der Waals surface area contributed by atoms with Crippen LogP contribution in [0.4, 0.5) is 10.5 Å². The van der Waals surface area contributed by atoms with E-state index in [2.05, 4.69) is 5.32 Å². The molecule has 8 nitrogen and oxygen atoms in total. The number of aromatic nitrogens is 1. The first kappa shape index (κ1) is 22.4. The molecule has 0 atom stereocenters. The number of hydrogen-bond acceptors (Lipinski definition) is 5. The quantitative estimate of drug-likeness (QED) is 0.570. The van der Waals surface area contributed by atoms with Gasteiger partial charge in [-0.05, 0) is 62.9 Å². The van der Waals surface area contributed by atoms with Crippen molar-refractivity contribution in [3.8, 4) is 5.75 Å². The van der Waals surface area contributed by atoms with E-state index in [-0.39, 0.29) is 17.1 Å². The Hall–Kier alpha value is -3.81. The van der Waals surface area contributed by atoms with Crippen molar-refractivity contribution in [1.82, 2.24) is 4.57 Å². The van der Waals surface area contributed by atoms with Crippen molar-refractivity contribution in [3.63, 3.8) is 0 Å². The minimum atomic E-state index is -1.04. The summed E-state index contributed by atoms with van der Waals surface area (Å²) in [6.45, 7) is 2.18. The first-order chi connectivity index (χ1) is 15.9. The highest BCUT2D eigenvalue weighted by atomic mass is 16.6. The van der Waals surface area contributed by atoms with Crippen LogP contribution in [0.15, 0.2) is 47.3 Å². The van der Waals surface area contributed by atoms with E-state index < -0.39 is 12.1 Å². The third-order valence-electron chi connectivity index (χ3n) is 6.00. The average Bonchev–Trinajstić information content (AvgIpc) is 3.29. The second kappa shape index (κ2) is 9.36. The van der Waals surface area contributed by atoms with Crippen molar-refractivity contribution in [1.29, 1.82) is 0 Å². The molecular weight excluding hydrogens is 424 g/mol. The number of methoxy groups -OCH3 is 1. The van der Waals surface area contributed by atoms with Crippen LogP contribution in [0.25, 0.3) is 10.9 Å². The van der Waals surface area contributed by atoms with Gasteiger partial charge in [-0.1, -0.05) is 6.07 Å². The van der Waals surface area contributed by atoms with Gasteiger partial charge in [0.1, 0.15) is 11.9 Å². The van der Waals surface area contributed by atoms with Crippen molar-refractivity contribution in [2.24, 2.45) is 0 Å². The number of fused-ring (bicyclic) bond motifs is 1. The summed E-state index contributed by atoms with van der Waals surface area (Å²) in [6, 6.07) is 11.4. The minimum absolute atomic E-state index is 0.0490. The van der Waals surface area contributed by atoms with Crippen LogP contribution in [-0.4, -0.2) is 34.9 Å². The van der Waals surface area contributed by atoms with Gasteiger partial charge in [-0.3, -0.25) is 10.1 Å². The number of nitrogens with one attached hydrogen (secondary N) is 1. The summed E-state index contributed by atoms with van der Waals surface area (Å²) in [4.78, 5) is 36.2. The van der Waals surface area contributed by atoms with Crippen molar-refractivity contribution < 1.29 is 24.2 Å². The number of carbonyl (C=O) groups is 2. The average molecular weight is 450 g/mol. The minimum Gasteiger partial charge on any atom is -0.496 e. The molecule has 2 aromatic carbocycles. The lowest BCUT2D eigenvalue weighted by Crippen LogP contribution is -2.20. The van der Waals surface area contributed by atoms with Gasteiger partial charge < -0.3 is 19.1 Å². The molecule has 3 aromatic rings. The highest BCUT2D eigenvalue weighted by Gasteiger charge is 2.19. The van der Waals surface area contributed by atoms with E-state index in [1.54, 1.807) is 30.3 Å². The standard InChI is InChI=1S/C25H26N2O6/c1-15-11-22(28)20-10-9-18(26-25(31)33-19-5-3-4-6-19)13-21(20)27(15)14-17-8-7-16(24(29)30)12-23(17)32-2/h7-13,19H,3-6,14H2,1-2H3,(H,26,31)(H,29,30). The Morgan fingerprint density at radius 2 is 1.88 bits per heavy atom. The third kappa shape index (κ3) is 4.84. The summed E-state index contributed by atoms with van der Waals surface area (Å²) in [5.41, 5.74) is 2.66. The molecule has 8 heteroatoms. The SMILES string of the molecule is COc1cc(C(=O)O)ccc1Cn1c(C)cc(=O)c2ccc(NC(=O)OC3CCCC3)cc21. The first-order valence-corrected chi connectivity index (χ1v) is 10.9. The number of rotatable bonds is 6. The number of aromatic carboxylic acids is 1. The van der Waals surface area contributed by atoms with Gasteiger partial charge in [0.15, 0.2) is 5.43 Å². The Kier molecular flexibility index (Phi) is 6.35. The lowest BCUT2D eigenvalue weighted by molar-refractivity contribution is 0.0696. The number of carboxylic acid groups (broad SMARTS) is 1. The summed E-state index contributed by atoms with van der Waals surface area (Å²) >= 11 is 0. The summed E-state index contributed by atoms with van der Waals surface area (Å²) in [6.07, 6.45) is 3.34. The molecule has 1 aliphatic carbocycles. The molecule has 1 aromatic heterocycles. The van der Waals surface area contributed by atoms with Crippen molar-refractivity contribution in [2.45, 2.75) is 45.3 Å². The number of amides is 1. The molecule has 0 bridgehead atoms. The Labute approximate surface area is 190 Å². The second-order valence-corrected chi connectivity index (χ2v) is 8.24. The number of pyridine rings is 1. The summed E-state index contributed by atoms with van der Waals surface area (Å²) in [7, 11) is 1.48. The molecule has 1 saturated carbocycles. The van der Waals surface area contributed by atoms with E-state index in [0.717, 1.165) is 36.9 Å². The number of ether oxygens (including phenoxy) is 2. The van der Waals surface area contributed by atoms with Crippen LogP contribution >= 0.6 is 0 Å². The van der Waals surface area contributed by atoms with Gasteiger partial charge in [-0.2, -0.15) is 0 Å². The molecule has 0 aliphatic heterocycles. The van der Waals surface area contributed by atoms with Gasteiger partial charge in [-0.25, -0.2) is 9.59 Å². The fourth-order valence-electron chi connectivity index (χ4n) is 4.27. The van der Waals surface area contributed by atoms with Crippen molar-refractivity contribution in [2.75, 3.05) is 12.4 Å². The van der Waals surface area contributed by atoms with E-state index in [9.17, 15) is 19.5 Å². The van der Waals surface area contributed by atoms with Gasteiger partial charge in [0.05, 0.1) is 24.7 Å².